The van der Waals surface area contributed by atoms with Crippen LogP contribution in [0.25, 0.3) is 0 Å². The summed E-state index contributed by atoms with van der Waals surface area (Å²) in [7, 11) is 0. The van der Waals surface area contributed by atoms with Crippen molar-refractivity contribution in [1.29, 1.82) is 0 Å². The Labute approximate surface area is 99.1 Å². The van der Waals surface area contributed by atoms with Crippen molar-refractivity contribution in [2.45, 2.75) is 25.4 Å². The summed E-state index contributed by atoms with van der Waals surface area (Å²) in [6.45, 7) is 2.62. The quantitative estimate of drug-likeness (QED) is 0.861. The smallest absolute Gasteiger partial charge is 0.255 e. The number of hydrogen-bond donors (Lipinski definition) is 1. The molecule has 2 rings (SSSR count). The minimum absolute atomic E-state index is 0.226. The minimum Gasteiger partial charge on any atom is -0.386 e. The molecular weight excluding hydrogens is 223 g/mol. The molecule has 1 amide bonds. The summed E-state index contributed by atoms with van der Waals surface area (Å²) in [4.78, 5) is 17.0. The van der Waals surface area contributed by atoms with E-state index in [9.17, 15) is 14.3 Å². The number of aromatic nitrogens is 1. The van der Waals surface area contributed by atoms with E-state index in [1.165, 1.54) is 11.1 Å². The molecule has 1 aromatic rings. The van der Waals surface area contributed by atoms with Gasteiger partial charge in [0.1, 0.15) is 5.82 Å². The fourth-order valence-corrected chi connectivity index (χ4v) is 2.14. The van der Waals surface area contributed by atoms with Gasteiger partial charge in [0.15, 0.2) is 0 Å². The summed E-state index contributed by atoms with van der Waals surface area (Å²) in [6.07, 6.45) is 3.95. The van der Waals surface area contributed by atoms with E-state index in [-0.39, 0.29) is 11.5 Å². The van der Waals surface area contributed by atoms with Crippen LogP contribution in [0.4, 0.5) is 4.39 Å². The van der Waals surface area contributed by atoms with Crippen molar-refractivity contribution in [2.24, 2.45) is 0 Å². The zero-order valence-electron chi connectivity index (χ0n) is 9.69. The molecule has 4 nitrogen and oxygen atoms in total. The fourth-order valence-electron chi connectivity index (χ4n) is 2.14. The van der Waals surface area contributed by atoms with E-state index < -0.39 is 11.4 Å². The molecule has 0 atom stereocenters. The average Bonchev–Trinajstić information content (AvgIpc) is 2.25. The highest BCUT2D eigenvalue weighted by atomic mass is 19.1. The van der Waals surface area contributed by atoms with Gasteiger partial charge in [0.05, 0.1) is 30.5 Å². The van der Waals surface area contributed by atoms with Crippen molar-refractivity contribution in [3.63, 3.8) is 0 Å². The van der Waals surface area contributed by atoms with E-state index in [1.807, 2.05) is 6.92 Å². The van der Waals surface area contributed by atoms with Crippen LogP contribution in [-0.2, 0) is 0 Å². The monoisotopic (exact) mass is 238 g/mol. The second kappa shape index (κ2) is 4.41. The van der Waals surface area contributed by atoms with Gasteiger partial charge in [0.25, 0.3) is 5.91 Å². The molecule has 1 aromatic heterocycles. The van der Waals surface area contributed by atoms with Crippen molar-refractivity contribution < 1.29 is 14.3 Å². The number of carbonyl (C=O) groups excluding carboxylic acids is 1. The van der Waals surface area contributed by atoms with Crippen LogP contribution in [0.5, 0.6) is 0 Å². The molecule has 0 radical (unpaired) electrons. The molecule has 0 unspecified atom stereocenters. The first kappa shape index (κ1) is 12.0. The lowest BCUT2D eigenvalue weighted by atomic mass is 9.89. The fraction of sp³-hybridized carbons (Fsp3) is 0.500. The standard InChI is InChI=1S/C12H15FN2O2/c1-2-3-12(17)7-15(8-12)11(16)9-4-10(13)6-14-5-9/h4-6,17H,2-3,7-8H2,1H3. The first-order valence-electron chi connectivity index (χ1n) is 5.66. The van der Waals surface area contributed by atoms with Gasteiger partial charge in [0, 0.05) is 6.20 Å². The third-order valence-corrected chi connectivity index (χ3v) is 2.92. The summed E-state index contributed by atoms with van der Waals surface area (Å²) in [5, 5.41) is 9.95. The third kappa shape index (κ3) is 2.44. The summed E-state index contributed by atoms with van der Waals surface area (Å²) < 4.78 is 12.9. The molecule has 5 heteroatoms. The van der Waals surface area contributed by atoms with Gasteiger partial charge in [-0.3, -0.25) is 9.78 Å². The number of likely N-dealkylation sites (tertiary alicyclic amines) is 1. The number of rotatable bonds is 3. The Hall–Kier alpha value is -1.49. The number of carbonyl (C=O) groups is 1. The molecule has 1 fully saturated rings. The maximum atomic E-state index is 12.9. The van der Waals surface area contributed by atoms with Crippen LogP contribution in [0.1, 0.15) is 30.1 Å². The molecule has 1 saturated heterocycles. The second-order valence-corrected chi connectivity index (χ2v) is 4.53. The average molecular weight is 238 g/mol. The van der Waals surface area contributed by atoms with Crippen LogP contribution in [-0.4, -0.2) is 39.6 Å². The molecule has 0 aromatic carbocycles. The van der Waals surface area contributed by atoms with Gasteiger partial charge in [0.2, 0.25) is 0 Å². The molecule has 0 spiro atoms. The van der Waals surface area contributed by atoms with Crippen LogP contribution in [0.15, 0.2) is 18.5 Å². The number of halogens is 1. The Bertz CT molecular complexity index is 430. The number of hydrogen-bond acceptors (Lipinski definition) is 3. The van der Waals surface area contributed by atoms with E-state index >= 15 is 0 Å². The van der Waals surface area contributed by atoms with E-state index in [2.05, 4.69) is 4.98 Å². The number of β-amino-alcohol motifs (C(OH)–C–C–N with tert-alkyl or cyclic N) is 1. The van der Waals surface area contributed by atoms with Crippen molar-refractivity contribution in [3.05, 3.63) is 29.8 Å². The van der Waals surface area contributed by atoms with Crippen molar-refractivity contribution in [3.8, 4) is 0 Å². The Kier molecular flexibility index (Phi) is 3.11. The maximum absolute atomic E-state index is 12.9. The predicted molar refractivity (Wildman–Crippen MR) is 60.0 cm³/mol. The minimum atomic E-state index is -0.759. The highest BCUT2D eigenvalue weighted by molar-refractivity contribution is 5.94. The molecule has 0 bridgehead atoms. The lowest BCUT2D eigenvalue weighted by Crippen LogP contribution is -2.63. The molecule has 2 heterocycles. The SMILES string of the molecule is CCCC1(O)CN(C(=O)c2cncc(F)c2)C1. The molecule has 0 aliphatic carbocycles. The topological polar surface area (TPSA) is 53.4 Å². The number of nitrogens with zero attached hydrogens (tertiary/aromatic N) is 2. The highest BCUT2D eigenvalue weighted by Gasteiger charge is 2.42. The third-order valence-electron chi connectivity index (χ3n) is 2.92. The second-order valence-electron chi connectivity index (χ2n) is 4.53. The summed E-state index contributed by atoms with van der Waals surface area (Å²) in [5.41, 5.74) is -0.533. The zero-order chi connectivity index (χ0) is 12.5. The maximum Gasteiger partial charge on any atom is 0.255 e. The van der Waals surface area contributed by atoms with Crippen molar-refractivity contribution >= 4 is 5.91 Å². The van der Waals surface area contributed by atoms with Crippen LogP contribution < -0.4 is 0 Å². The molecule has 17 heavy (non-hydrogen) atoms. The Balaban J connectivity index is 2.00. The molecule has 1 N–H and O–H groups in total. The number of pyridine rings is 1. The largest absolute Gasteiger partial charge is 0.386 e. The summed E-state index contributed by atoms with van der Waals surface area (Å²) >= 11 is 0. The Morgan fingerprint density at radius 2 is 2.29 bits per heavy atom. The van der Waals surface area contributed by atoms with Gasteiger partial charge in [-0.15, -0.1) is 0 Å². The highest BCUT2D eigenvalue weighted by Crippen LogP contribution is 2.27. The van der Waals surface area contributed by atoms with Crippen molar-refractivity contribution in [2.75, 3.05) is 13.1 Å². The van der Waals surface area contributed by atoms with Gasteiger partial charge in [-0.2, -0.15) is 0 Å². The van der Waals surface area contributed by atoms with E-state index in [0.717, 1.165) is 18.7 Å². The van der Waals surface area contributed by atoms with Gasteiger partial charge in [-0.1, -0.05) is 13.3 Å². The molecule has 1 aliphatic rings. The van der Waals surface area contributed by atoms with Gasteiger partial charge in [-0.05, 0) is 12.5 Å². The Morgan fingerprint density at radius 3 is 2.88 bits per heavy atom. The van der Waals surface area contributed by atoms with Gasteiger partial charge >= 0.3 is 0 Å². The van der Waals surface area contributed by atoms with E-state index in [4.69, 9.17) is 0 Å². The van der Waals surface area contributed by atoms with Crippen LogP contribution in [0, 0.1) is 5.82 Å². The summed E-state index contributed by atoms with van der Waals surface area (Å²) in [5.74, 6) is -0.807. The van der Waals surface area contributed by atoms with Gasteiger partial charge < -0.3 is 10.0 Å². The van der Waals surface area contributed by atoms with Crippen LogP contribution in [0.2, 0.25) is 0 Å². The lowest BCUT2D eigenvalue weighted by Gasteiger charge is -2.46. The Morgan fingerprint density at radius 1 is 1.59 bits per heavy atom. The summed E-state index contributed by atoms with van der Waals surface area (Å²) in [6, 6.07) is 1.16. The van der Waals surface area contributed by atoms with E-state index in [1.54, 1.807) is 0 Å². The predicted octanol–water partition coefficient (Wildman–Crippen LogP) is 1.21. The lowest BCUT2D eigenvalue weighted by molar-refractivity contribution is -0.0860. The zero-order valence-corrected chi connectivity index (χ0v) is 9.69. The molecule has 0 saturated carbocycles. The van der Waals surface area contributed by atoms with E-state index in [0.29, 0.717) is 19.5 Å². The molecular formula is C12H15FN2O2. The normalized spacial score (nSPS) is 17.7. The number of aliphatic hydroxyl groups is 1. The van der Waals surface area contributed by atoms with Crippen LogP contribution in [0.3, 0.4) is 0 Å². The first-order valence-corrected chi connectivity index (χ1v) is 5.66. The molecule has 92 valence electrons. The van der Waals surface area contributed by atoms with Crippen molar-refractivity contribution in [1.82, 2.24) is 9.88 Å². The first-order chi connectivity index (χ1) is 8.04. The van der Waals surface area contributed by atoms with Crippen LogP contribution >= 0.6 is 0 Å². The molecule has 1 aliphatic heterocycles. The number of amides is 1. The van der Waals surface area contributed by atoms with Gasteiger partial charge in [-0.25, -0.2) is 4.39 Å².